The molecule has 2 bridgehead atoms. The zero-order valence-electron chi connectivity index (χ0n) is 20.8. The smallest absolute Gasteiger partial charge is 0.233 e. The van der Waals surface area contributed by atoms with Gasteiger partial charge in [-0.1, -0.05) is 38.2 Å². The number of hydrogen-bond acceptors (Lipinski definition) is 5. The van der Waals surface area contributed by atoms with Crippen molar-refractivity contribution in [2.45, 2.75) is 44.9 Å². The molecule has 2 amide bonds. The number of likely N-dealkylation sites (tertiary alicyclic amines) is 1. The average Bonchev–Trinajstić information content (AvgIpc) is 3.56. The third-order valence-corrected chi connectivity index (χ3v) is 10.0. The molecular formula is C28H40N4O2S. The van der Waals surface area contributed by atoms with Gasteiger partial charge < -0.3 is 4.90 Å². The summed E-state index contributed by atoms with van der Waals surface area (Å²) in [5, 5.41) is 8.59. The van der Waals surface area contributed by atoms with Crippen LogP contribution >= 0.6 is 12.6 Å². The van der Waals surface area contributed by atoms with Gasteiger partial charge in [-0.3, -0.25) is 24.8 Å². The summed E-state index contributed by atoms with van der Waals surface area (Å²) < 4.78 is 0. The molecule has 3 saturated carbocycles. The molecule has 6 atom stereocenters. The molecule has 1 N–H and O–H groups in total. The second-order valence-corrected chi connectivity index (χ2v) is 11.8. The topological polar surface area (TPSA) is 67.7 Å². The van der Waals surface area contributed by atoms with Gasteiger partial charge in [0.2, 0.25) is 11.8 Å². The van der Waals surface area contributed by atoms with E-state index in [9.17, 15) is 9.59 Å². The second-order valence-electron chi connectivity index (χ2n) is 11.3. The maximum absolute atomic E-state index is 13.3. The summed E-state index contributed by atoms with van der Waals surface area (Å²) in [5.41, 5.74) is 0.724. The normalized spacial score (nSPS) is 35.8. The van der Waals surface area contributed by atoms with Gasteiger partial charge in [0.15, 0.2) is 0 Å². The van der Waals surface area contributed by atoms with Crippen molar-refractivity contribution < 1.29 is 9.59 Å². The third-order valence-electron chi connectivity index (χ3n) is 9.61. The van der Waals surface area contributed by atoms with E-state index < -0.39 is 0 Å². The molecular weight excluding hydrogens is 456 g/mol. The number of carbonyl (C=O) groups is 2. The Balaban J connectivity index is 1.17. The first-order valence-corrected chi connectivity index (χ1v) is 14.0. The molecule has 0 aromatic carbocycles. The Kier molecular flexibility index (Phi) is 7.27. The van der Waals surface area contributed by atoms with E-state index in [2.05, 4.69) is 35.6 Å². The lowest BCUT2D eigenvalue weighted by molar-refractivity contribution is -0.142. The van der Waals surface area contributed by atoms with Crippen LogP contribution in [0.5, 0.6) is 0 Å². The number of nitrogens with zero attached hydrogens (tertiary/aromatic N) is 3. The average molecular weight is 497 g/mol. The van der Waals surface area contributed by atoms with Crippen molar-refractivity contribution in [2.24, 2.45) is 35.5 Å². The van der Waals surface area contributed by atoms with Crippen LogP contribution in [0.3, 0.4) is 0 Å². The molecule has 6 nitrogen and oxygen atoms in total. The van der Waals surface area contributed by atoms with Crippen LogP contribution in [0.15, 0.2) is 35.8 Å². The number of hydrogen-bond donors (Lipinski definition) is 2. The zero-order chi connectivity index (χ0) is 24.7. The number of fused-ring (bicyclic) bond motifs is 5. The van der Waals surface area contributed by atoms with Crippen LogP contribution < -0.4 is 0 Å². The zero-order valence-corrected chi connectivity index (χ0v) is 21.7. The van der Waals surface area contributed by atoms with Gasteiger partial charge in [0, 0.05) is 49.7 Å². The van der Waals surface area contributed by atoms with Crippen molar-refractivity contribution >= 4 is 30.3 Å². The number of nitrogens with one attached hydrogen (secondary N) is 1. The SMILES string of the molecule is C=C/C(S)=C(\C=C)C(=N)N1CCN(C[C@@H]2CCCC[C@H]2CN2C(=O)[C@@H]3[C@H]4CC[C@H](C4)[C@@H]3C2=O)CC1. The molecule has 0 unspecified atom stereocenters. The van der Waals surface area contributed by atoms with E-state index in [1.165, 1.54) is 19.3 Å². The van der Waals surface area contributed by atoms with E-state index in [1.807, 2.05) is 0 Å². The first kappa shape index (κ1) is 24.8. The first-order chi connectivity index (χ1) is 16.9. The fourth-order valence-corrected chi connectivity index (χ4v) is 7.94. The number of amides is 2. The maximum atomic E-state index is 13.3. The van der Waals surface area contributed by atoms with Gasteiger partial charge in [0.05, 0.1) is 11.8 Å². The Morgan fingerprint density at radius 1 is 0.886 bits per heavy atom. The Bertz CT molecular complexity index is 909. The largest absolute Gasteiger partial charge is 0.354 e. The molecule has 35 heavy (non-hydrogen) atoms. The maximum Gasteiger partial charge on any atom is 0.233 e. The number of amidine groups is 1. The number of carbonyl (C=O) groups excluding carboxylic acids is 2. The summed E-state index contributed by atoms with van der Waals surface area (Å²) >= 11 is 4.43. The molecule has 2 saturated heterocycles. The van der Waals surface area contributed by atoms with Crippen molar-refractivity contribution in [1.82, 2.24) is 14.7 Å². The third kappa shape index (κ3) is 4.55. The quantitative estimate of drug-likeness (QED) is 0.184. The van der Waals surface area contributed by atoms with Crippen molar-refractivity contribution in [3.8, 4) is 0 Å². The summed E-state index contributed by atoms with van der Waals surface area (Å²) in [7, 11) is 0. The van der Waals surface area contributed by atoms with E-state index in [0.717, 1.165) is 64.0 Å². The highest BCUT2D eigenvalue weighted by molar-refractivity contribution is 7.84. The van der Waals surface area contributed by atoms with Crippen molar-refractivity contribution in [1.29, 1.82) is 5.41 Å². The molecule has 190 valence electrons. The summed E-state index contributed by atoms with van der Waals surface area (Å²) in [6, 6.07) is 0. The molecule has 0 spiro atoms. The lowest BCUT2D eigenvalue weighted by Crippen LogP contribution is -2.51. The number of allylic oxidation sites excluding steroid dienone is 1. The second kappa shape index (κ2) is 10.3. The number of thiol groups is 1. The highest BCUT2D eigenvalue weighted by Gasteiger charge is 2.61. The van der Waals surface area contributed by atoms with Gasteiger partial charge in [0.1, 0.15) is 5.84 Å². The molecule has 2 heterocycles. The summed E-state index contributed by atoms with van der Waals surface area (Å²) in [6.45, 7) is 12.7. The van der Waals surface area contributed by atoms with E-state index in [4.69, 9.17) is 5.41 Å². The van der Waals surface area contributed by atoms with E-state index in [1.54, 1.807) is 17.1 Å². The number of imide groups is 1. The molecule has 0 aromatic heterocycles. The lowest BCUT2D eigenvalue weighted by atomic mass is 9.78. The van der Waals surface area contributed by atoms with Crippen LogP contribution in [0.25, 0.3) is 0 Å². The summed E-state index contributed by atoms with van der Waals surface area (Å²) in [5.74, 6) is 2.64. The van der Waals surface area contributed by atoms with E-state index in [-0.39, 0.29) is 23.7 Å². The van der Waals surface area contributed by atoms with Gasteiger partial charge in [-0.05, 0) is 55.8 Å². The van der Waals surface area contributed by atoms with Crippen LogP contribution in [0.1, 0.15) is 44.9 Å². The Morgan fingerprint density at radius 3 is 2.00 bits per heavy atom. The summed E-state index contributed by atoms with van der Waals surface area (Å²) in [6.07, 6.45) is 11.5. The molecule has 5 rings (SSSR count). The van der Waals surface area contributed by atoms with Crippen molar-refractivity contribution in [2.75, 3.05) is 39.3 Å². The van der Waals surface area contributed by atoms with Crippen LogP contribution in [-0.2, 0) is 9.59 Å². The Labute approximate surface area is 215 Å². The van der Waals surface area contributed by atoms with Crippen LogP contribution in [0, 0.1) is 40.9 Å². The molecule has 0 aromatic rings. The highest BCUT2D eigenvalue weighted by Crippen LogP contribution is 2.56. The first-order valence-electron chi connectivity index (χ1n) is 13.5. The molecule has 5 fully saturated rings. The standard InChI is InChI=1S/C28H40N4O2S/c1-3-22(23(35)4-2)26(29)31-13-11-30(12-14-31)16-20-7-5-6-8-21(20)17-32-27(33)24-18-9-10-19(15-18)25(24)28(32)34/h3-4,18-21,24-25,29,35H,1-2,5-17H2/b23-22-,29-26?/t18-,19+,20-,21-,24+,25-/m0/s1. The van der Waals surface area contributed by atoms with Crippen LogP contribution in [0.4, 0.5) is 0 Å². The van der Waals surface area contributed by atoms with Gasteiger partial charge in [-0.25, -0.2) is 0 Å². The molecule has 0 radical (unpaired) electrons. The lowest BCUT2D eigenvalue weighted by Gasteiger charge is -2.41. The Morgan fingerprint density at radius 2 is 1.46 bits per heavy atom. The summed E-state index contributed by atoms with van der Waals surface area (Å²) in [4.78, 5) is 33.5. The van der Waals surface area contributed by atoms with Crippen molar-refractivity contribution in [3.05, 3.63) is 35.8 Å². The number of rotatable bonds is 7. The monoisotopic (exact) mass is 496 g/mol. The van der Waals surface area contributed by atoms with Gasteiger partial charge in [-0.2, -0.15) is 0 Å². The Hall–Kier alpha value is -1.86. The van der Waals surface area contributed by atoms with Gasteiger partial charge in [-0.15, -0.1) is 12.6 Å². The molecule has 7 heteroatoms. The van der Waals surface area contributed by atoms with Crippen LogP contribution in [0.2, 0.25) is 0 Å². The minimum atomic E-state index is 0.0000481. The fourth-order valence-electron chi connectivity index (χ4n) is 7.74. The molecule has 2 aliphatic heterocycles. The predicted molar refractivity (Wildman–Crippen MR) is 142 cm³/mol. The number of piperazine rings is 1. The van der Waals surface area contributed by atoms with Crippen molar-refractivity contribution in [3.63, 3.8) is 0 Å². The van der Waals surface area contributed by atoms with Gasteiger partial charge in [0.25, 0.3) is 0 Å². The minimum absolute atomic E-state index is 0.0000481. The molecule has 3 aliphatic carbocycles. The van der Waals surface area contributed by atoms with Gasteiger partial charge >= 0.3 is 0 Å². The predicted octanol–water partition coefficient (Wildman–Crippen LogP) is 3.97. The minimum Gasteiger partial charge on any atom is -0.354 e. The molecule has 5 aliphatic rings. The fraction of sp³-hybridized carbons (Fsp3) is 0.679. The van der Waals surface area contributed by atoms with E-state index >= 15 is 0 Å². The highest BCUT2D eigenvalue weighted by atomic mass is 32.1. The van der Waals surface area contributed by atoms with E-state index in [0.29, 0.717) is 41.0 Å². The van der Waals surface area contributed by atoms with Crippen LogP contribution in [-0.4, -0.2) is 71.6 Å².